The second kappa shape index (κ2) is 7.16. The van der Waals surface area contributed by atoms with Crippen LogP contribution in [0.25, 0.3) is 0 Å². The first-order valence-corrected chi connectivity index (χ1v) is 6.97. The number of nitriles is 1. The summed E-state index contributed by atoms with van der Waals surface area (Å²) >= 11 is 0. The second-order valence-corrected chi connectivity index (χ2v) is 5.06. The van der Waals surface area contributed by atoms with E-state index in [2.05, 4.69) is 18.2 Å². The molecule has 1 aromatic carbocycles. The Balaban J connectivity index is 1.93. The highest BCUT2D eigenvalue weighted by molar-refractivity contribution is 5.27. The summed E-state index contributed by atoms with van der Waals surface area (Å²) in [7, 11) is 1.71. The molecule has 3 heteroatoms. The molecule has 1 aliphatic rings. The average Bonchev–Trinajstić information content (AvgIpc) is 2.47. The van der Waals surface area contributed by atoms with E-state index >= 15 is 0 Å². The summed E-state index contributed by atoms with van der Waals surface area (Å²) in [6.07, 6.45) is 5.24. The van der Waals surface area contributed by atoms with Crippen LogP contribution in [0, 0.1) is 17.2 Å². The van der Waals surface area contributed by atoms with E-state index in [1.807, 2.05) is 12.1 Å². The van der Waals surface area contributed by atoms with Crippen LogP contribution in [0.4, 0.5) is 0 Å². The predicted octanol–water partition coefficient (Wildman–Crippen LogP) is 3.34. The predicted molar refractivity (Wildman–Crippen MR) is 74.0 cm³/mol. The molecule has 1 fully saturated rings. The standard InChI is InChI=1S/C16H21NO2/c1-18-11-10-13-6-8-15(9-7-13)19-16-5-3-2-4-14(16)12-17/h6-9,14,16H,2-5,10-11H2,1H3. The first-order chi connectivity index (χ1) is 9.33. The van der Waals surface area contributed by atoms with Crippen LogP contribution in [0.1, 0.15) is 31.2 Å². The summed E-state index contributed by atoms with van der Waals surface area (Å²) < 4.78 is 11.0. The van der Waals surface area contributed by atoms with Gasteiger partial charge in [-0.15, -0.1) is 0 Å². The van der Waals surface area contributed by atoms with Crippen LogP contribution in [-0.4, -0.2) is 19.8 Å². The molecule has 0 saturated heterocycles. The Morgan fingerprint density at radius 2 is 1.95 bits per heavy atom. The first-order valence-electron chi connectivity index (χ1n) is 6.97. The minimum absolute atomic E-state index is 0.0434. The number of nitrogens with zero attached hydrogens (tertiary/aromatic N) is 1. The summed E-state index contributed by atoms with van der Waals surface area (Å²) in [6.45, 7) is 0.735. The normalized spacial score (nSPS) is 22.7. The molecule has 1 saturated carbocycles. The highest BCUT2D eigenvalue weighted by Gasteiger charge is 2.26. The van der Waals surface area contributed by atoms with Crippen LogP contribution in [-0.2, 0) is 11.2 Å². The third kappa shape index (κ3) is 3.97. The summed E-state index contributed by atoms with van der Waals surface area (Å²) in [5.74, 6) is 0.912. The van der Waals surface area contributed by atoms with E-state index in [1.54, 1.807) is 7.11 Å². The van der Waals surface area contributed by atoms with Crippen LogP contribution in [0.5, 0.6) is 5.75 Å². The molecule has 0 radical (unpaired) electrons. The van der Waals surface area contributed by atoms with Crippen LogP contribution < -0.4 is 4.74 Å². The molecule has 0 aliphatic heterocycles. The monoisotopic (exact) mass is 259 g/mol. The van der Waals surface area contributed by atoms with Crippen molar-refractivity contribution in [1.29, 1.82) is 5.26 Å². The minimum atomic E-state index is 0.0434. The third-order valence-corrected chi connectivity index (χ3v) is 3.67. The van der Waals surface area contributed by atoms with Gasteiger partial charge in [0.15, 0.2) is 0 Å². The van der Waals surface area contributed by atoms with Gasteiger partial charge in [-0.3, -0.25) is 0 Å². The summed E-state index contributed by atoms with van der Waals surface area (Å²) in [5, 5.41) is 9.14. The maximum absolute atomic E-state index is 9.14. The highest BCUT2D eigenvalue weighted by atomic mass is 16.5. The molecular weight excluding hydrogens is 238 g/mol. The van der Waals surface area contributed by atoms with Gasteiger partial charge in [-0.1, -0.05) is 18.6 Å². The zero-order valence-corrected chi connectivity index (χ0v) is 11.5. The van der Waals surface area contributed by atoms with E-state index < -0.39 is 0 Å². The Bertz CT molecular complexity index is 421. The lowest BCUT2D eigenvalue weighted by molar-refractivity contribution is 0.120. The zero-order chi connectivity index (χ0) is 13.5. The van der Waals surface area contributed by atoms with Crippen molar-refractivity contribution in [3.63, 3.8) is 0 Å². The fourth-order valence-electron chi connectivity index (χ4n) is 2.51. The molecule has 2 rings (SSSR count). The minimum Gasteiger partial charge on any atom is -0.489 e. The van der Waals surface area contributed by atoms with Crippen molar-refractivity contribution in [3.05, 3.63) is 29.8 Å². The number of hydrogen-bond donors (Lipinski definition) is 0. The Hall–Kier alpha value is -1.53. The fraction of sp³-hybridized carbons (Fsp3) is 0.562. The topological polar surface area (TPSA) is 42.2 Å². The quantitative estimate of drug-likeness (QED) is 0.814. The SMILES string of the molecule is COCCc1ccc(OC2CCCCC2C#N)cc1. The van der Waals surface area contributed by atoms with Crippen LogP contribution in [0.2, 0.25) is 0 Å². The molecule has 0 N–H and O–H groups in total. The third-order valence-electron chi connectivity index (χ3n) is 3.67. The van der Waals surface area contributed by atoms with Gasteiger partial charge in [-0.05, 0) is 43.4 Å². The van der Waals surface area contributed by atoms with E-state index in [0.717, 1.165) is 44.5 Å². The van der Waals surface area contributed by atoms with Gasteiger partial charge in [0.25, 0.3) is 0 Å². The van der Waals surface area contributed by atoms with Crippen molar-refractivity contribution in [3.8, 4) is 11.8 Å². The smallest absolute Gasteiger partial charge is 0.119 e. The van der Waals surface area contributed by atoms with E-state index in [1.165, 1.54) is 5.56 Å². The van der Waals surface area contributed by atoms with E-state index in [9.17, 15) is 0 Å². The second-order valence-electron chi connectivity index (χ2n) is 5.06. The number of ether oxygens (including phenoxy) is 2. The van der Waals surface area contributed by atoms with E-state index in [4.69, 9.17) is 14.7 Å². The van der Waals surface area contributed by atoms with Gasteiger partial charge in [-0.25, -0.2) is 0 Å². The lowest BCUT2D eigenvalue weighted by atomic mass is 9.87. The lowest BCUT2D eigenvalue weighted by Crippen LogP contribution is -2.29. The molecular formula is C16H21NO2. The highest BCUT2D eigenvalue weighted by Crippen LogP contribution is 2.28. The molecule has 0 amide bonds. The molecule has 3 nitrogen and oxygen atoms in total. The first kappa shape index (κ1) is 13.9. The molecule has 0 aromatic heterocycles. The van der Waals surface area contributed by atoms with Gasteiger partial charge < -0.3 is 9.47 Å². The maximum atomic E-state index is 9.14. The summed E-state index contributed by atoms with van der Waals surface area (Å²) in [4.78, 5) is 0. The van der Waals surface area contributed by atoms with Gasteiger partial charge in [0.1, 0.15) is 11.9 Å². The van der Waals surface area contributed by atoms with Crippen molar-refractivity contribution in [2.45, 2.75) is 38.2 Å². The van der Waals surface area contributed by atoms with Gasteiger partial charge in [0.2, 0.25) is 0 Å². The molecule has 2 unspecified atom stereocenters. The van der Waals surface area contributed by atoms with Crippen molar-refractivity contribution in [1.82, 2.24) is 0 Å². The van der Waals surface area contributed by atoms with Gasteiger partial charge in [0.05, 0.1) is 18.6 Å². The number of methoxy groups -OCH3 is 1. The number of benzene rings is 1. The zero-order valence-electron chi connectivity index (χ0n) is 11.5. The van der Waals surface area contributed by atoms with Crippen LogP contribution >= 0.6 is 0 Å². The maximum Gasteiger partial charge on any atom is 0.119 e. The van der Waals surface area contributed by atoms with Crippen LogP contribution in [0.3, 0.4) is 0 Å². The van der Waals surface area contributed by atoms with Crippen molar-refractivity contribution < 1.29 is 9.47 Å². The fourth-order valence-corrected chi connectivity index (χ4v) is 2.51. The lowest BCUT2D eigenvalue weighted by Gasteiger charge is -2.27. The van der Waals surface area contributed by atoms with Crippen molar-refractivity contribution in [2.75, 3.05) is 13.7 Å². The Morgan fingerprint density at radius 3 is 2.63 bits per heavy atom. The average molecular weight is 259 g/mol. The summed E-state index contributed by atoms with van der Waals surface area (Å²) in [5.41, 5.74) is 1.25. The van der Waals surface area contributed by atoms with Crippen LogP contribution in [0.15, 0.2) is 24.3 Å². The van der Waals surface area contributed by atoms with Gasteiger partial charge >= 0.3 is 0 Å². The van der Waals surface area contributed by atoms with Gasteiger partial charge in [-0.2, -0.15) is 5.26 Å². The van der Waals surface area contributed by atoms with Crippen molar-refractivity contribution >= 4 is 0 Å². The Morgan fingerprint density at radius 1 is 1.21 bits per heavy atom. The molecule has 1 aliphatic carbocycles. The van der Waals surface area contributed by atoms with E-state index in [-0.39, 0.29) is 12.0 Å². The molecule has 102 valence electrons. The number of rotatable bonds is 5. The summed E-state index contributed by atoms with van der Waals surface area (Å²) in [6, 6.07) is 10.5. The van der Waals surface area contributed by atoms with Gasteiger partial charge in [0, 0.05) is 7.11 Å². The molecule has 0 bridgehead atoms. The molecule has 1 aromatic rings. The number of hydrogen-bond acceptors (Lipinski definition) is 3. The molecule has 19 heavy (non-hydrogen) atoms. The molecule has 2 atom stereocenters. The Kier molecular flexibility index (Phi) is 5.23. The largest absolute Gasteiger partial charge is 0.489 e. The Labute approximate surface area is 115 Å². The van der Waals surface area contributed by atoms with Crippen molar-refractivity contribution in [2.24, 2.45) is 5.92 Å². The molecule has 0 spiro atoms. The molecule has 0 heterocycles. The van der Waals surface area contributed by atoms with E-state index in [0.29, 0.717) is 0 Å².